The lowest BCUT2D eigenvalue weighted by Gasteiger charge is -2.13. The van der Waals surface area contributed by atoms with Crippen LogP contribution in [-0.2, 0) is 6.54 Å². The first-order valence-corrected chi connectivity index (χ1v) is 12.0. The average Bonchev–Trinajstić information content (AvgIpc) is 3.35. The van der Waals surface area contributed by atoms with Gasteiger partial charge in [-0.1, -0.05) is 91.3 Å². The van der Waals surface area contributed by atoms with Crippen LogP contribution < -0.4 is 5.32 Å². The molecule has 2 aromatic heterocycles. The van der Waals surface area contributed by atoms with Gasteiger partial charge in [0, 0.05) is 36.6 Å². The predicted molar refractivity (Wildman–Crippen MR) is 138 cm³/mol. The van der Waals surface area contributed by atoms with E-state index in [-0.39, 0.29) is 0 Å². The third-order valence-corrected chi connectivity index (χ3v) is 5.97. The lowest BCUT2D eigenvalue weighted by molar-refractivity contribution is 0.517. The number of thiocarbonyl (C=S) groups is 1. The number of nitrogens with zero attached hydrogens (tertiary/aromatic N) is 4. The summed E-state index contributed by atoms with van der Waals surface area (Å²) in [5, 5.41) is 11.9. The van der Waals surface area contributed by atoms with Crippen molar-refractivity contribution in [1.29, 1.82) is 0 Å². The number of pyridine rings is 1. The van der Waals surface area contributed by atoms with Crippen LogP contribution in [0.3, 0.4) is 0 Å². The number of unbranched alkanes of at least 4 members (excludes halogenated alkanes) is 4. The van der Waals surface area contributed by atoms with Crippen molar-refractivity contribution in [3.8, 4) is 22.4 Å². The molecule has 0 saturated carbocycles. The molecule has 0 bridgehead atoms. The van der Waals surface area contributed by atoms with Gasteiger partial charge in [0.2, 0.25) is 0 Å². The lowest BCUT2D eigenvalue weighted by atomic mass is 9.99. The summed E-state index contributed by atoms with van der Waals surface area (Å²) in [6.07, 6.45) is 11.4. The first-order valence-electron chi connectivity index (χ1n) is 11.5. The van der Waals surface area contributed by atoms with Crippen molar-refractivity contribution in [2.45, 2.75) is 38.6 Å². The van der Waals surface area contributed by atoms with Gasteiger partial charge >= 0.3 is 0 Å². The maximum atomic E-state index is 5.69. The summed E-state index contributed by atoms with van der Waals surface area (Å²) in [6.45, 7) is 1.80. The van der Waals surface area contributed by atoms with E-state index in [2.05, 4.69) is 63.1 Å². The molecule has 4 rings (SSSR count). The molecule has 4 aromatic rings. The summed E-state index contributed by atoms with van der Waals surface area (Å²) in [4.78, 5) is 4.96. The van der Waals surface area contributed by atoms with Crippen molar-refractivity contribution in [1.82, 2.24) is 25.3 Å². The number of hydrogen-bond acceptors (Lipinski definition) is 4. The van der Waals surface area contributed by atoms with Crippen LogP contribution in [0.15, 0.2) is 85.3 Å². The SMILES string of the molecule is S=C(NCCCCCCCn1cc(-c2cccnc2)nn1)c1ccccc1-c1ccccc1. The minimum atomic E-state index is 0.824. The highest BCUT2D eigenvalue weighted by molar-refractivity contribution is 7.80. The quantitative estimate of drug-likeness (QED) is 0.225. The van der Waals surface area contributed by atoms with Crippen molar-refractivity contribution in [3.05, 3.63) is 90.9 Å². The molecule has 168 valence electrons. The molecule has 0 aliphatic rings. The van der Waals surface area contributed by atoms with E-state index in [9.17, 15) is 0 Å². The van der Waals surface area contributed by atoms with Gasteiger partial charge in [0.25, 0.3) is 0 Å². The Morgan fingerprint density at radius 2 is 1.58 bits per heavy atom. The second kappa shape index (κ2) is 12.0. The van der Waals surface area contributed by atoms with Crippen LogP contribution in [0, 0.1) is 0 Å². The monoisotopic (exact) mass is 455 g/mol. The van der Waals surface area contributed by atoms with Gasteiger partial charge in [0.05, 0.1) is 6.20 Å². The molecular formula is C27H29N5S. The summed E-state index contributed by atoms with van der Waals surface area (Å²) >= 11 is 5.69. The van der Waals surface area contributed by atoms with E-state index in [0.29, 0.717) is 0 Å². The van der Waals surface area contributed by atoms with Crippen LogP contribution >= 0.6 is 12.2 Å². The zero-order valence-electron chi connectivity index (χ0n) is 18.7. The van der Waals surface area contributed by atoms with Crippen LogP contribution in [-0.4, -0.2) is 31.5 Å². The number of hydrogen-bond donors (Lipinski definition) is 1. The van der Waals surface area contributed by atoms with E-state index >= 15 is 0 Å². The second-order valence-electron chi connectivity index (χ2n) is 8.04. The van der Waals surface area contributed by atoms with Crippen molar-refractivity contribution in [2.24, 2.45) is 0 Å². The van der Waals surface area contributed by atoms with Gasteiger partial charge in [0.1, 0.15) is 10.7 Å². The predicted octanol–water partition coefficient (Wildman–Crippen LogP) is 5.92. The van der Waals surface area contributed by atoms with Gasteiger partial charge in [-0.3, -0.25) is 9.67 Å². The van der Waals surface area contributed by atoms with E-state index in [1.54, 1.807) is 6.20 Å². The number of benzene rings is 2. The van der Waals surface area contributed by atoms with Crippen molar-refractivity contribution in [2.75, 3.05) is 6.54 Å². The molecule has 0 aliphatic heterocycles. The Balaban J connectivity index is 1.13. The first-order chi connectivity index (χ1) is 16.3. The van der Waals surface area contributed by atoms with Crippen molar-refractivity contribution < 1.29 is 0 Å². The molecule has 1 N–H and O–H groups in total. The molecule has 0 amide bonds. The Morgan fingerprint density at radius 3 is 2.42 bits per heavy atom. The normalized spacial score (nSPS) is 10.8. The van der Waals surface area contributed by atoms with Crippen LogP contribution in [0.25, 0.3) is 22.4 Å². The standard InChI is InChI=1S/C27H29N5S/c33-27(25-16-8-7-15-24(25)22-12-5-4-6-13-22)29-18-9-2-1-3-10-19-32-21-26(30-31-32)23-14-11-17-28-20-23/h4-8,11-17,20-21H,1-3,9-10,18-19H2,(H,29,33). The fourth-order valence-corrected chi connectivity index (χ4v) is 4.11. The molecule has 5 nitrogen and oxygen atoms in total. The Labute approximate surface area is 200 Å². The minimum absolute atomic E-state index is 0.824. The Bertz CT molecular complexity index is 1140. The van der Waals surface area contributed by atoms with Crippen LogP contribution in [0.2, 0.25) is 0 Å². The number of rotatable bonds is 11. The third-order valence-electron chi connectivity index (χ3n) is 5.60. The summed E-state index contributed by atoms with van der Waals surface area (Å²) in [6, 6.07) is 22.7. The van der Waals surface area contributed by atoms with E-state index < -0.39 is 0 Å². The molecular weight excluding hydrogens is 426 g/mol. The fourth-order valence-electron chi connectivity index (χ4n) is 3.83. The Morgan fingerprint density at radius 1 is 0.818 bits per heavy atom. The zero-order chi connectivity index (χ0) is 22.7. The maximum absolute atomic E-state index is 5.69. The zero-order valence-corrected chi connectivity index (χ0v) is 19.5. The van der Waals surface area contributed by atoms with Crippen molar-refractivity contribution in [3.63, 3.8) is 0 Å². The number of nitrogens with one attached hydrogen (secondary N) is 1. The van der Waals surface area contributed by atoms with Crippen LogP contribution in [0.1, 0.15) is 37.7 Å². The van der Waals surface area contributed by atoms with E-state index in [0.717, 1.165) is 47.7 Å². The second-order valence-corrected chi connectivity index (χ2v) is 8.45. The summed E-state index contributed by atoms with van der Waals surface area (Å²) in [7, 11) is 0. The van der Waals surface area contributed by atoms with Gasteiger partial charge in [-0.2, -0.15) is 0 Å². The topological polar surface area (TPSA) is 55.6 Å². The molecule has 0 radical (unpaired) electrons. The molecule has 0 fully saturated rings. The lowest BCUT2D eigenvalue weighted by Crippen LogP contribution is -2.24. The van der Waals surface area contributed by atoms with Gasteiger partial charge < -0.3 is 5.32 Å². The molecule has 0 spiro atoms. The van der Waals surface area contributed by atoms with E-state index in [1.807, 2.05) is 41.3 Å². The smallest absolute Gasteiger partial charge is 0.114 e. The van der Waals surface area contributed by atoms with Gasteiger partial charge in [-0.15, -0.1) is 5.10 Å². The maximum Gasteiger partial charge on any atom is 0.114 e. The Hall–Kier alpha value is -3.38. The summed E-state index contributed by atoms with van der Waals surface area (Å²) < 4.78 is 1.92. The highest BCUT2D eigenvalue weighted by Gasteiger charge is 2.08. The first kappa shape index (κ1) is 22.8. The summed E-state index contributed by atoms with van der Waals surface area (Å²) in [5.41, 5.74) is 5.34. The molecule has 0 atom stereocenters. The molecule has 0 aliphatic carbocycles. The van der Waals surface area contributed by atoms with Gasteiger partial charge in [-0.05, 0) is 36.1 Å². The van der Waals surface area contributed by atoms with Gasteiger partial charge in [-0.25, -0.2) is 0 Å². The highest BCUT2D eigenvalue weighted by Crippen LogP contribution is 2.23. The molecule has 2 aromatic carbocycles. The van der Waals surface area contributed by atoms with E-state index in [4.69, 9.17) is 12.2 Å². The van der Waals surface area contributed by atoms with E-state index in [1.165, 1.54) is 30.4 Å². The number of aryl methyl sites for hydroxylation is 1. The molecule has 0 saturated heterocycles. The van der Waals surface area contributed by atoms with Crippen LogP contribution in [0.4, 0.5) is 0 Å². The molecule has 2 heterocycles. The van der Waals surface area contributed by atoms with Gasteiger partial charge in [0.15, 0.2) is 0 Å². The van der Waals surface area contributed by atoms with Crippen LogP contribution in [0.5, 0.6) is 0 Å². The number of aromatic nitrogens is 4. The largest absolute Gasteiger partial charge is 0.376 e. The molecule has 6 heteroatoms. The molecule has 33 heavy (non-hydrogen) atoms. The molecule has 0 unspecified atom stereocenters. The summed E-state index contributed by atoms with van der Waals surface area (Å²) in [5.74, 6) is 0. The highest BCUT2D eigenvalue weighted by atomic mass is 32.1. The minimum Gasteiger partial charge on any atom is -0.376 e. The fraction of sp³-hybridized carbons (Fsp3) is 0.259. The Kier molecular flexibility index (Phi) is 8.30. The van der Waals surface area contributed by atoms with Crippen molar-refractivity contribution >= 4 is 17.2 Å². The average molecular weight is 456 g/mol. The third kappa shape index (κ3) is 6.56.